The smallest absolute Gasteiger partial charge is 0.335 e. The number of aromatic carboxylic acids is 1. The number of carbonyl (C=O) groups is 2. The number of anilines is 1. The fraction of sp³-hybridized carbons (Fsp3) is 0.0667. The van der Waals surface area contributed by atoms with Crippen LogP contribution in [0.5, 0.6) is 0 Å². The number of amides is 1. The normalized spacial score (nSPS) is 10.2. The van der Waals surface area contributed by atoms with Gasteiger partial charge in [0.15, 0.2) is 0 Å². The van der Waals surface area contributed by atoms with Gasteiger partial charge in [0.1, 0.15) is 5.82 Å². The Morgan fingerprint density at radius 2 is 1.81 bits per heavy atom. The van der Waals surface area contributed by atoms with Gasteiger partial charge in [0.25, 0.3) is 5.91 Å². The summed E-state index contributed by atoms with van der Waals surface area (Å²) in [5.41, 5.74) is 0.694. The van der Waals surface area contributed by atoms with E-state index >= 15 is 0 Å². The fourth-order valence-electron chi connectivity index (χ4n) is 1.68. The Morgan fingerprint density at radius 3 is 2.43 bits per heavy atom. The molecule has 0 spiro atoms. The Hall–Kier alpha value is -2.40. The first-order valence-corrected chi connectivity index (χ1v) is 6.36. The fourth-order valence-corrected chi connectivity index (χ4v) is 1.85. The van der Waals surface area contributed by atoms with Gasteiger partial charge in [-0.25, -0.2) is 9.18 Å². The minimum Gasteiger partial charge on any atom is -0.478 e. The number of rotatable bonds is 3. The van der Waals surface area contributed by atoms with Crippen LogP contribution in [-0.4, -0.2) is 17.0 Å². The van der Waals surface area contributed by atoms with E-state index in [0.29, 0.717) is 5.56 Å². The van der Waals surface area contributed by atoms with E-state index in [1.54, 1.807) is 6.92 Å². The van der Waals surface area contributed by atoms with Gasteiger partial charge in [-0.1, -0.05) is 17.7 Å². The summed E-state index contributed by atoms with van der Waals surface area (Å²) in [6.45, 7) is 1.59. The lowest BCUT2D eigenvalue weighted by Crippen LogP contribution is -2.13. The number of hydrogen-bond acceptors (Lipinski definition) is 2. The van der Waals surface area contributed by atoms with Crippen LogP contribution in [0.2, 0.25) is 5.02 Å². The number of hydrogen-bond donors (Lipinski definition) is 2. The van der Waals surface area contributed by atoms with Gasteiger partial charge in [-0.3, -0.25) is 4.79 Å². The summed E-state index contributed by atoms with van der Waals surface area (Å²) in [4.78, 5) is 22.9. The van der Waals surface area contributed by atoms with Crippen LogP contribution >= 0.6 is 11.6 Å². The number of halogens is 2. The van der Waals surface area contributed by atoms with Crippen LogP contribution in [0.4, 0.5) is 10.1 Å². The molecule has 4 nitrogen and oxygen atoms in total. The summed E-state index contributed by atoms with van der Waals surface area (Å²) < 4.78 is 13.4. The molecule has 6 heteroatoms. The Bertz CT molecular complexity index is 731. The third kappa shape index (κ3) is 3.38. The molecule has 0 aliphatic rings. The van der Waals surface area contributed by atoms with Crippen molar-refractivity contribution in [3.8, 4) is 0 Å². The second-order valence-electron chi connectivity index (χ2n) is 4.42. The zero-order chi connectivity index (χ0) is 15.6. The van der Waals surface area contributed by atoms with Gasteiger partial charge >= 0.3 is 5.97 Å². The van der Waals surface area contributed by atoms with Gasteiger partial charge in [0, 0.05) is 5.56 Å². The van der Waals surface area contributed by atoms with Crippen LogP contribution < -0.4 is 5.32 Å². The lowest BCUT2D eigenvalue weighted by Gasteiger charge is -2.09. The number of nitrogens with one attached hydrogen (secondary N) is 1. The molecule has 0 bridgehead atoms. The monoisotopic (exact) mass is 307 g/mol. The first-order valence-electron chi connectivity index (χ1n) is 5.99. The van der Waals surface area contributed by atoms with Gasteiger partial charge in [0.05, 0.1) is 16.3 Å². The van der Waals surface area contributed by atoms with Crippen LogP contribution in [0.1, 0.15) is 26.3 Å². The summed E-state index contributed by atoms with van der Waals surface area (Å²) >= 11 is 5.91. The molecule has 2 aromatic carbocycles. The molecule has 0 aliphatic carbocycles. The molecular formula is C15H11ClFNO3. The number of benzene rings is 2. The molecule has 0 saturated carbocycles. The molecule has 0 aromatic heterocycles. The lowest BCUT2D eigenvalue weighted by atomic mass is 10.1. The second kappa shape index (κ2) is 5.93. The molecule has 0 atom stereocenters. The van der Waals surface area contributed by atoms with Gasteiger partial charge in [-0.2, -0.15) is 0 Å². The molecule has 0 saturated heterocycles. The summed E-state index contributed by atoms with van der Waals surface area (Å²) in [6.07, 6.45) is 0. The van der Waals surface area contributed by atoms with E-state index in [1.165, 1.54) is 30.3 Å². The van der Waals surface area contributed by atoms with Crippen LogP contribution in [-0.2, 0) is 0 Å². The number of carboxylic acid groups (broad SMARTS) is 1. The largest absolute Gasteiger partial charge is 0.478 e. The van der Waals surface area contributed by atoms with Crippen LogP contribution in [0, 0.1) is 12.7 Å². The Kier molecular flexibility index (Phi) is 4.23. The highest BCUT2D eigenvalue weighted by atomic mass is 35.5. The van der Waals surface area contributed by atoms with Gasteiger partial charge < -0.3 is 10.4 Å². The number of aryl methyl sites for hydroxylation is 1. The third-order valence-electron chi connectivity index (χ3n) is 2.90. The van der Waals surface area contributed by atoms with Gasteiger partial charge in [-0.15, -0.1) is 0 Å². The van der Waals surface area contributed by atoms with E-state index in [4.69, 9.17) is 16.7 Å². The molecule has 1 amide bonds. The van der Waals surface area contributed by atoms with Crippen molar-refractivity contribution in [1.82, 2.24) is 0 Å². The van der Waals surface area contributed by atoms with Crippen molar-refractivity contribution >= 4 is 29.2 Å². The molecule has 108 valence electrons. The summed E-state index contributed by atoms with van der Waals surface area (Å²) in [5, 5.41) is 11.6. The summed E-state index contributed by atoms with van der Waals surface area (Å²) in [6, 6.07) is 8.01. The first kappa shape index (κ1) is 15.0. The van der Waals surface area contributed by atoms with Crippen molar-refractivity contribution < 1.29 is 19.1 Å². The standard InChI is InChI=1S/C15H11ClFNO3/c1-8-2-3-9(6-12(8)17)14(19)18-13-7-10(15(20)21)4-5-11(13)16/h2-7H,1H3,(H,18,19)(H,20,21). The van der Waals surface area contributed by atoms with Crippen molar-refractivity contribution in [3.63, 3.8) is 0 Å². The summed E-state index contributed by atoms with van der Waals surface area (Å²) in [5.74, 6) is -2.20. The zero-order valence-corrected chi connectivity index (χ0v) is 11.7. The zero-order valence-electron chi connectivity index (χ0n) is 11.0. The molecule has 0 aliphatic heterocycles. The van der Waals surface area contributed by atoms with Gasteiger partial charge in [0.2, 0.25) is 0 Å². The SMILES string of the molecule is Cc1ccc(C(=O)Nc2cc(C(=O)O)ccc2Cl)cc1F. The van der Waals surface area contributed by atoms with E-state index in [-0.39, 0.29) is 21.8 Å². The second-order valence-corrected chi connectivity index (χ2v) is 4.83. The van der Waals surface area contributed by atoms with E-state index < -0.39 is 17.7 Å². The maximum Gasteiger partial charge on any atom is 0.335 e. The van der Waals surface area contributed by atoms with Gasteiger partial charge in [-0.05, 0) is 42.8 Å². The first-order chi connectivity index (χ1) is 9.88. The van der Waals surface area contributed by atoms with E-state index in [1.807, 2.05) is 0 Å². The molecular weight excluding hydrogens is 297 g/mol. The predicted molar refractivity (Wildman–Crippen MR) is 77.5 cm³/mol. The average molecular weight is 308 g/mol. The van der Waals surface area contributed by atoms with Crippen molar-refractivity contribution in [1.29, 1.82) is 0 Å². The Morgan fingerprint density at radius 1 is 1.14 bits per heavy atom. The molecule has 2 aromatic rings. The van der Waals surface area contributed by atoms with E-state index in [2.05, 4.69) is 5.32 Å². The molecule has 0 fully saturated rings. The van der Waals surface area contributed by atoms with Crippen molar-refractivity contribution in [2.75, 3.05) is 5.32 Å². The number of carbonyl (C=O) groups excluding carboxylic acids is 1. The number of carboxylic acids is 1. The molecule has 0 radical (unpaired) electrons. The minimum absolute atomic E-state index is 0.00946. The topological polar surface area (TPSA) is 66.4 Å². The van der Waals surface area contributed by atoms with Crippen molar-refractivity contribution in [2.45, 2.75) is 6.92 Å². The Balaban J connectivity index is 2.28. The van der Waals surface area contributed by atoms with Crippen LogP contribution in [0.15, 0.2) is 36.4 Å². The van der Waals surface area contributed by atoms with Crippen molar-refractivity contribution in [3.05, 3.63) is 63.9 Å². The van der Waals surface area contributed by atoms with E-state index in [0.717, 1.165) is 6.07 Å². The highest BCUT2D eigenvalue weighted by molar-refractivity contribution is 6.34. The Labute approximate surface area is 125 Å². The molecule has 0 unspecified atom stereocenters. The molecule has 21 heavy (non-hydrogen) atoms. The van der Waals surface area contributed by atoms with Crippen LogP contribution in [0.25, 0.3) is 0 Å². The highest BCUT2D eigenvalue weighted by Gasteiger charge is 2.12. The third-order valence-corrected chi connectivity index (χ3v) is 3.23. The lowest BCUT2D eigenvalue weighted by molar-refractivity contribution is 0.0696. The molecule has 0 heterocycles. The predicted octanol–water partition coefficient (Wildman–Crippen LogP) is 3.74. The maximum absolute atomic E-state index is 13.4. The summed E-state index contributed by atoms with van der Waals surface area (Å²) in [7, 11) is 0. The van der Waals surface area contributed by atoms with Crippen LogP contribution in [0.3, 0.4) is 0 Å². The molecule has 2 rings (SSSR count). The maximum atomic E-state index is 13.4. The minimum atomic E-state index is -1.14. The molecule has 2 N–H and O–H groups in total. The van der Waals surface area contributed by atoms with E-state index in [9.17, 15) is 14.0 Å². The quantitative estimate of drug-likeness (QED) is 0.907. The average Bonchev–Trinajstić information content (AvgIpc) is 2.43. The van der Waals surface area contributed by atoms with Crippen molar-refractivity contribution in [2.24, 2.45) is 0 Å². The highest BCUT2D eigenvalue weighted by Crippen LogP contribution is 2.24.